The van der Waals surface area contributed by atoms with Gasteiger partial charge >= 0.3 is 5.97 Å². The fourth-order valence-corrected chi connectivity index (χ4v) is 3.39. The summed E-state index contributed by atoms with van der Waals surface area (Å²) in [5, 5.41) is 11.2. The fraction of sp³-hybridized carbons (Fsp3) is 0.0952. The third-order valence-electron chi connectivity index (χ3n) is 4.12. The monoisotopic (exact) mass is 442 g/mol. The number of sulfonamides is 1. The molecule has 0 amide bonds. The number of nitrogens with zero attached hydrogens (tertiary/aromatic N) is 2. The van der Waals surface area contributed by atoms with E-state index in [-0.39, 0.29) is 22.7 Å². The first kappa shape index (κ1) is 21.8. The number of carbonyl (C=O) groups excluding carboxylic acids is 1. The van der Waals surface area contributed by atoms with Gasteiger partial charge < -0.3 is 9.47 Å². The third-order valence-corrected chi connectivity index (χ3v) is 5.22. The smallest absolute Gasteiger partial charge is 0.339 e. The topological polar surface area (TPSA) is 116 Å². The molecule has 3 aromatic carbocycles. The second-order valence-electron chi connectivity index (χ2n) is 6.36. The second kappa shape index (κ2) is 9.26. The lowest BCUT2D eigenvalue weighted by Crippen LogP contribution is -2.33. The first-order valence-electron chi connectivity index (χ1n) is 8.97. The maximum Gasteiger partial charge on any atom is 0.339 e. The molecule has 3 rings (SSSR count). The molecule has 0 aliphatic heterocycles. The highest BCUT2D eigenvalue weighted by molar-refractivity contribution is 7.92. The van der Waals surface area contributed by atoms with Crippen molar-refractivity contribution < 1.29 is 27.6 Å². The van der Waals surface area contributed by atoms with Crippen molar-refractivity contribution in [2.24, 2.45) is 0 Å². The van der Waals surface area contributed by atoms with Gasteiger partial charge in [0.15, 0.2) is 12.5 Å². The van der Waals surface area contributed by atoms with Gasteiger partial charge in [0.1, 0.15) is 5.75 Å². The minimum atomic E-state index is -3.94. The zero-order chi connectivity index (χ0) is 22.4. The Kier molecular flexibility index (Phi) is 6.51. The number of nitro benzene ring substituents is 1. The molecular weight excluding hydrogens is 424 g/mol. The first-order valence-corrected chi connectivity index (χ1v) is 10.8. The average Bonchev–Trinajstić information content (AvgIpc) is 2.75. The van der Waals surface area contributed by atoms with Gasteiger partial charge in [0.05, 0.1) is 28.5 Å². The quantitative estimate of drug-likeness (QED) is 0.224. The van der Waals surface area contributed by atoms with Gasteiger partial charge in [0, 0.05) is 6.07 Å². The number of esters is 1. The Bertz CT molecular complexity index is 1180. The van der Waals surface area contributed by atoms with E-state index >= 15 is 0 Å². The Morgan fingerprint density at radius 2 is 1.61 bits per heavy atom. The minimum absolute atomic E-state index is 0.0159. The van der Waals surface area contributed by atoms with E-state index in [1.807, 2.05) is 0 Å². The van der Waals surface area contributed by atoms with E-state index in [0.717, 1.165) is 22.7 Å². The van der Waals surface area contributed by atoms with E-state index in [9.17, 15) is 23.3 Å². The van der Waals surface area contributed by atoms with Gasteiger partial charge in [-0.15, -0.1) is 0 Å². The summed E-state index contributed by atoms with van der Waals surface area (Å²) < 4.78 is 36.6. The zero-order valence-corrected chi connectivity index (χ0v) is 17.2. The molecule has 0 spiro atoms. The molecule has 3 aromatic rings. The molecule has 0 N–H and O–H groups in total. The van der Waals surface area contributed by atoms with Crippen LogP contribution in [0.5, 0.6) is 11.5 Å². The van der Waals surface area contributed by atoms with Crippen LogP contribution in [0.4, 0.5) is 11.4 Å². The normalized spacial score (nSPS) is 10.9. The van der Waals surface area contributed by atoms with E-state index in [1.54, 1.807) is 48.5 Å². The molecule has 0 radical (unpaired) electrons. The molecule has 9 nitrogen and oxygen atoms in total. The molecule has 0 saturated heterocycles. The number of benzene rings is 3. The van der Waals surface area contributed by atoms with Gasteiger partial charge in [0.25, 0.3) is 5.69 Å². The van der Waals surface area contributed by atoms with E-state index < -0.39 is 27.6 Å². The largest absolute Gasteiger partial charge is 0.455 e. The van der Waals surface area contributed by atoms with Crippen molar-refractivity contribution in [2.45, 2.75) is 0 Å². The van der Waals surface area contributed by atoms with Crippen LogP contribution in [0.1, 0.15) is 10.4 Å². The van der Waals surface area contributed by atoms with Crippen molar-refractivity contribution in [3.8, 4) is 11.5 Å². The molecule has 0 fully saturated rings. The Morgan fingerprint density at radius 3 is 2.19 bits per heavy atom. The number of hydrogen-bond donors (Lipinski definition) is 0. The lowest BCUT2D eigenvalue weighted by atomic mass is 10.2. The van der Waals surface area contributed by atoms with Gasteiger partial charge in [-0.25, -0.2) is 17.5 Å². The van der Waals surface area contributed by atoms with Crippen LogP contribution < -0.4 is 9.04 Å². The van der Waals surface area contributed by atoms with Gasteiger partial charge in [-0.1, -0.05) is 36.4 Å². The van der Waals surface area contributed by atoms with Gasteiger partial charge in [0.2, 0.25) is 10.0 Å². The summed E-state index contributed by atoms with van der Waals surface area (Å²) in [6.45, 7) is -0.643. The number of nitro groups is 1. The number of non-ortho nitro benzene ring substituents is 1. The van der Waals surface area contributed by atoms with E-state index in [0.29, 0.717) is 5.75 Å². The van der Waals surface area contributed by atoms with Crippen LogP contribution in [-0.2, 0) is 14.8 Å². The van der Waals surface area contributed by atoms with Crippen molar-refractivity contribution in [1.29, 1.82) is 0 Å². The summed E-state index contributed by atoms with van der Waals surface area (Å²) in [7, 11) is -3.94. The highest BCUT2D eigenvalue weighted by atomic mass is 32.2. The van der Waals surface area contributed by atoms with E-state index in [1.165, 1.54) is 18.2 Å². The van der Waals surface area contributed by atoms with Gasteiger partial charge in [-0.2, -0.15) is 0 Å². The Labute approximate surface area is 178 Å². The predicted molar refractivity (Wildman–Crippen MR) is 114 cm³/mol. The number of para-hydroxylation sites is 1. The summed E-state index contributed by atoms with van der Waals surface area (Å²) in [6.07, 6.45) is 0.928. The second-order valence-corrected chi connectivity index (χ2v) is 8.27. The van der Waals surface area contributed by atoms with Gasteiger partial charge in [-0.05, 0) is 30.3 Å². The van der Waals surface area contributed by atoms with E-state index in [2.05, 4.69) is 0 Å². The molecule has 0 atom stereocenters. The number of rotatable bonds is 8. The number of ether oxygens (including phenoxy) is 2. The minimum Gasteiger partial charge on any atom is -0.455 e. The van der Waals surface area contributed by atoms with Crippen LogP contribution >= 0.6 is 0 Å². The Balaban J connectivity index is 1.96. The van der Waals surface area contributed by atoms with Crippen molar-refractivity contribution >= 4 is 27.4 Å². The lowest BCUT2D eigenvalue weighted by Gasteiger charge is -2.24. The number of anilines is 1. The van der Waals surface area contributed by atoms with Crippen LogP contribution in [0, 0.1) is 10.1 Å². The molecule has 31 heavy (non-hydrogen) atoms. The summed E-state index contributed by atoms with van der Waals surface area (Å²) in [4.78, 5) is 22.8. The highest BCUT2D eigenvalue weighted by Crippen LogP contribution is 2.36. The number of carbonyl (C=O) groups is 1. The Morgan fingerprint density at radius 1 is 1.00 bits per heavy atom. The lowest BCUT2D eigenvalue weighted by molar-refractivity contribution is -0.384. The molecule has 0 aliphatic rings. The molecular formula is C21H18N2O7S. The Hall–Kier alpha value is -3.92. The molecule has 0 unspecified atom stereocenters. The van der Waals surface area contributed by atoms with E-state index in [4.69, 9.17) is 9.47 Å². The molecule has 0 aromatic heterocycles. The van der Waals surface area contributed by atoms with Crippen LogP contribution in [0.2, 0.25) is 0 Å². The third kappa shape index (κ3) is 5.58. The van der Waals surface area contributed by atoms with Crippen molar-refractivity contribution in [3.05, 3.63) is 94.5 Å². The molecule has 0 bridgehead atoms. The van der Waals surface area contributed by atoms with Crippen molar-refractivity contribution in [3.63, 3.8) is 0 Å². The van der Waals surface area contributed by atoms with Crippen molar-refractivity contribution in [1.82, 2.24) is 0 Å². The zero-order valence-electron chi connectivity index (χ0n) is 16.4. The summed E-state index contributed by atoms with van der Waals surface area (Å²) in [5.74, 6) is -0.456. The fourth-order valence-electron chi connectivity index (χ4n) is 2.64. The molecule has 0 heterocycles. The van der Waals surface area contributed by atoms with Crippen LogP contribution in [0.3, 0.4) is 0 Å². The first-order chi connectivity index (χ1) is 14.8. The number of hydrogen-bond acceptors (Lipinski definition) is 7. The molecule has 160 valence electrons. The van der Waals surface area contributed by atoms with Crippen molar-refractivity contribution in [2.75, 3.05) is 17.3 Å². The molecule has 0 aliphatic carbocycles. The molecule has 0 saturated carbocycles. The average molecular weight is 442 g/mol. The summed E-state index contributed by atoms with van der Waals surface area (Å²) in [6, 6.07) is 19.9. The summed E-state index contributed by atoms with van der Waals surface area (Å²) >= 11 is 0. The highest BCUT2D eigenvalue weighted by Gasteiger charge is 2.25. The summed E-state index contributed by atoms with van der Waals surface area (Å²) in [5.41, 5.74) is -0.0531. The van der Waals surface area contributed by atoms with Gasteiger partial charge in [-0.3, -0.25) is 10.1 Å². The predicted octanol–water partition coefficient (Wildman–Crippen LogP) is 3.97. The molecule has 10 heteroatoms. The van der Waals surface area contributed by atoms with Crippen LogP contribution in [-0.4, -0.2) is 32.3 Å². The standard InChI is InChI=1S/C21H18N2O7S/c1-31(27,28)22(15-29-21(24)16-8-4-2-5-9-16)19-13-12-17(23(25)26)14-20(19)30-18-10-6-3-7-11-18/h2-14H,15H2,1H3. The van der Waals surface area contributed by atoms with Crippen LogP contribution in [0.15, 0.2) is 78.9 Å². The SMILES string of the molecule is CS(=O)(=O)N(COC(=O)c1ccccc1)c1ccc([N+](=O)[O-])cc1Oc1ccccc1. The maximum absolute atomic E-state index is 12.4. The van der Waals surface area contributed by atoms with Crippen LogP contribution in [0.25, 0.3) is 0 Å². The maximum atomic E-state index is 12.4.